The highest BCUT2D eigenvalue weighted by Crippen LogP contribution is 2.44. The minimum absolute atomic E-state index is 0.0797. The summed E-state index contributed by atoms with van der Waals surface area (Å²) in [6.07, 6.45) is -0.591. The summed E-state index contributed by atoms with van der Waals surface area (Å²) in [6.45, 7) is 0.105. The first-order valence-corrected chi connectivity index (χ1v) is 10.6. The van der Waals surface area contributed by atoms with Crippen molar-refractivity contribution in [2.45, 2.75) is 24.8 Å². The second-order valence-corrected chi connectivity index (χ2v) is 8.02. The fourth-order valence-electron chi connectivity index (χ4n) is 4.21. The van der Waals surface area contributed by atoms with Crippen molar-refractivity contribution >= 4 is 18.0 Å². The molecule has 0 saturated heterocycles. The molecular weight excluding hydrogens is 420 g/mol. The van der Waals surface area contributed by atoms with Crippen molar-refractivity contribution < 1.29 is 24.2 Å². The predicted molar refractivity (Wildman–Crippen MR) is 123 cm³/mol. The number of aliphatic carboxylic acids is 1. The highest BCUT2D eigenvalue weighted by Gasteiger charge is 2.29. The fourth-order valence-corrected chi connectivity index (χ4v) is 4.21. The third-order valence-corrected chi connectivity index (χ3v) is 5.78. The number of hydrogen-bond acceptors (Lipinski definition) is 4. The van der Waals surface area contributed by atoms with E-state index in [0.717, 1.165) is 27.8 Å². The maximum atomic E-state index is 12.5. The molecular formula is C26H24N2O5. The second-order valence-electron chi connectivity index (χ2n) is 8.02. The number of nitrogens with two attached hydrogens (primary N) is 1. The van der Waals surface area contributed by atoms with Gasteiger partial charge in [0.15, 0.2) is 0 Å². The zero-order valence-corrected chi connectivity index (χ0v) is 17.9. The van der Waals surface area contributed by atoms with Gasteiger partial charge in [-0.1, -0.05) is 72.8 Å². The van der Waals surface area contributed by atoms with Crippen LogP contribution in [-0.4, -0.2) is 35.7 Å². The van der Waals surface area contributed by atoms with Crippen molar-refractivity contribution in [2.24, 2.45) is 5.73 Å². The van der Waals surface area contributed by atoms with E-state index >= 15 is 0 Å². The molecule has 1 aliphatic rings. The number of fused-ring (bicyclic) bond motifs is 3. The van der Waals surface area contributed by atoms with Gasteiger partial charge in [-0.05, 0) is 33.4 Å². The first-order valence-electron chi connectivity index (χ1n) is 10.6. The third-order valence-electron chi connectivity index (χ3n) is 5.78. The van der Waals surface area contributed by atoms with Gasteiger partial charge in [0.05, 0.1) is 6.42 Å². The Kier molecular flexibility index (Phi) is 6.40. The number of nitrogens with one attached hydrogen (secondary N) is 1. The van der Waals surface area contributed by atoms with E-state index in [1.54, 1.807) is 24.3 Å². The quantitative estimate of drug-likeness (QED) is 0.493. The van der Waals surface area contributed by atoms with Crippen molar-refractivity contribution in [3.8, 4) is 11.1 Å². The highest BCUT2D eigenvalue weighted by atomic mass is 16.5. The smallest absolute Gasteiger partial charge is 0.407 e. The Bertz CT molecular complexity index is 1140. The summed E-state index contributed by atoms with van der Waals surface area (Å²) in [4.78, 5) is 35.2. The van der Waals surface area contributed by atoms with Gasteiger partial charge in [0, 0.05) is 12.3 Å². The molecule has 4 rings (SSSR count). The van der Waals surface area contributed by atoms with Crippen molar-refractivity contribution in [3.63, 3.8) is 0 Å². The lowest BCUT2D eigenvalue weighted by atomic mass is 9.98. The lowest BCUT2D eigenvalue weighted by Gasteiger charge is -2.17. The maximum absolute atomic E-state index is 12.5. The highest BCUT2D eigenvalue weighted by molar-refractivity contribution is 5.81. The summed E-state index contributed by atoms with van der Waals surface area (Å²) in [6, 6.07) is 21.7. The molecule has 1 atom stereocenters. The molecule has 2 amide bonds. The number of alkyl carbamates (subject to hydrolysis) is 1. The average molecular weight is 444 g/mol. The Morgan fingerprint density at radius 3 is 1.97 bits per heavy atom. The number of rotatable bonds is 8. The van der Waals surface area contributed by atoms with Crippen LogP contribution in [0, 0.1) is 0 Å². The van der Waals surface area contributed by atoms with Gasteiger partial charge in [-0.15, -0.1) is 0 Å². The molecule has 0 aromatic heterocycles. The van der Waals surface area contributed by atoms with Crippen molar-refractivity contribution in [3.05, 3.63) is 95.1 Å². The van der Waals surface area contributed by atoms with Crippen LogP contribution in [0.1, 0.15) is 28.2 Å². The zero-order valence-electron chi connectivity index (χ0n) is 17.9. The number of hydrogen-bond donors (Lipinski definition) is 3. The Balaban J connectivity index is 1.39. The number of carboxylic acid groups (broad SMARTS) is 1. The molecule has 1 aliphatic carbocycles. The van der Waals surface area contributed by atoms with E-state index in [2.05, 4.69) is 5.32 Å². The number of primary amides is 1. The summed E-state index contributed by atoms with van der Waals surface area (Å²) < 4.78 is 5.46. The van der Waals surface area contributed by atoms with Gasteiger partial charge >= 0.3 is 12.1 Å². The SMILES string of the molecule is NC(=O)Cc1ccc(CC(NC(=O)OCC2c3ccccc3-c3ccccc32)C(=O)O)cc1. The lowest BCUT2D eigenvalue weighted by Crippen LogP contribution is -2.42. The lowest BCUT2D eigenvalue weighted by molar-refractivity contribution is -0.139. The Labute approximate surface area is 191 Å². The Morgan fingerprint density at radius 2 is 1.42 bits per heavy atom. The molecule has 0 heterocycles. The summed E-state index contributed by atoms with van der Waals surface area (Å²) in [7, 11) is 0. The Hall–Kier alpha value is -4.13. The van der Waals surface area contributed by atoms with Crippen LogP contribution in [0.2, 0.25) is 0 Å². The summed E-state index contributed by atoms with van der Waals surface area (Å²) in [5.41, 5.74) is 11.0. The molecule has 0 spiro atoms. The van der Waals surface area contributed by atoms with Crippen LogP contribution < -0.4 is 11.1 Å². The van der Waals surface area contributed by atoms with E-state index in [-0.39, 0.29) is 25.4 Å². The fraction of sp³-hybridized carbons (Fsp3) is 0.192. The maximum Gasteiger partial charge on any atom is 0.407 e. The van der Waals surface area contributed by atoms with Gasteiger partial charge in [0.25, 0.3) is 0 Å². The molecule has 168 valence electrons. The van der Waals surface area contributed by atoms with Crippen LogP contribution in [0.25, 0.3) is 11.1 Å². The minimum Gasteiger partial charge on any atom is -0.480 e. The second kappa shape index (κ2) is 9.56. The molecule has 0 fully saturated rings. The van der Waals surface area contributed by atoms with Crippen LogP contribution in [0.4, 0.5) is 4.79 Å². The molecule has 7 heteroatoms. The monoisotopic (exact) mass is 444 g/mol. The zero-order chi connectivity index (χ0) is 23.4. The molecule has 0 radical (unpaired) electrons. The van der Waals surface area contributed by atoms with Crippen LogP contribution >= 0.6 is 0 Å². The molecule has 1 unspecified atom stereocenters. The molecule has 33 heavy (non-hydrogen) atoms. The van der Waals surface area contributed by atoms with Crippen LogP contribution in [0.15, 0.2) is 72.8 Å². The number of amides is 2. The summed E-state index contributed by atoms with van der Waals surface area (Å²) in [5.74, 6) is -1.71. The first kappa shape index (κ1) is 22.1. The van der Waals surface area contributed by atoms with E-state index in [4.69, 9.17) is 10.5 Å². The molecule has 3 aromatic rings. The summed E-state index contributed by atoms with van der Waals surface area (Å²) in [5, 5.41) is 12.0. The number of ether oxygens (including phenoxy) is 1. The Morgan fingerprint density at radius 1 is 0.879 bits per heavy atom. The number of carboxylic acids is 1. The normalized spacial score (nSPS) is 13.0. The van der Waals surface area contributed by atoms with Gasteiger partial charge in [-0.3, -0.25) is 4.79 Å². The van der Waals surface area contributed by atoms with E-state index < -0.39 is 24.0 Å². The van der Waals surface area contributed by atoms with E-state index in [9.17, 15) is 19.5 Å². The standard InChI is InChI=1S/C26H24N2O5/c27-24(29)14-17-11-9-16(10-12-17)13-23(25(30)31)28-26(32)33-15-22-20-7-3-1-5-18(20)19-6-2-4-8-21(19)22/h1-12,22-23H,13-15H2,(H2,27,29)(H,28,32)(H,30,31). The van der Waals surface area contributed by atoms with Gasteiger partial charge in [0.2, 0.25) is 5.91 Å². The van der Waals surface area contributed by atoms with Crippen LogP contribution in [0.5, 0.6) is 0 Å². The van der Waals surface area contributed by atoms with E-state index in [1.165, 1.54) is 0 Å². The van der Waals surface area contributed by atoms with Crippen molar-refractivity contribution in [1.29, 1.82) is 0 Å². The first-order chi connectivity index (χ1) is 15.9. The largest absolute Gasteiger partial charge is 0.480 e. The number of carbonyl (C=O) groups excluding carboxylic acids is 2. The molecule has 7 nitrogen and oxygen atoms in total. The van der Waals surface area contributed by atoms with Crippen molar-refractivity contribution in [1.82, 2.24) is 5.32 Å². The predicted octanol–water partition coefficient (Wildman–Crippen LogP) is 3.25. The average Bonchev–Trinajstić information content (AvgIpc) is 3.12. The molecule has 4 N–H and O–H groups in total. The summed E-state index contributed by atoms with van der Waals surface area (Å²) >= 11 is 0. The van der Waals surface area contributed by atoms with Gasteiger partial charge < -0.3 is 20.9 Å². The minimum atomic E-state index is -1.16. The molecule has 0 aliphatic heterocycles. The van der Waals surface area contributed by atoms with E-state index in [1.807, 2.05) is 48.5 Å². The number of carbonyl (C=O) groups is 3. The topological polar surface area (TPSA) is 119 Å². The van der Waals surface area contributed by atoms with Crippen LogP contribution in [0.3, 0.4) is 0 Å². The molecule has 0 bridgehead atoms. The third kappa shape index (κ3) is 5.03. The van der Waals surface area contributed by atoms with Gasteiger partial charge in [0.1, 0.15) is 12.6 Å². The molecule has 3 aromatic carbocycles. The molecule has 0 saturated carbocycles. The van der Waals surface area contributed by atoms with Crippen LogP contribution in [-0.2, 0) is 27.2 Å². The van der Waals surface area contributed by atoms with Crippen molar-refractivity contribution in [2.75, 3.05) is 6.61 Å². The van der Waals surface area contributed by atoms with Gasteiger partial charge in [-0.25, -0.2) is 9.59 Å². The van der Waals surface area contributed by atoms with E-state index in [0.29, 0.717) is 5.56 Å². The number of benzene rings is 3. The van der Waals surface area contributed by atoms with Gasteiger partial charge in [-0.2, -0.15) is 0 Å².